The molecule has 0 aliphatic carbocycles. The van der Waals surface area contributed by atoms with Gasteiger partial charge >= 0.3 is 0 Å². The third-order valence-electron chi connectivity index (χ3n) is 5.84. The van der Waals surface area contributed by atoms with Crippen LogP contribution in [0.25, 0.3) is 22.2 Å². The number of para-hydroxylation sites is 1. The van der Waals surface area contributed by atoms with Crippen LogP contribution in [-0.2, 0) is 13.5 Å². The molecule has 0 saturated carbocycles. The number of rotatable bonds is 6. The summed E-state index contributed by atoms with van der Waals surface area (Å²) in [6, 6.07) is 27.8. The largest absolute Gasteiger partial charge is 0.351 e. The number of nitrogens with one attached hydrogen (secondary N) is 2. The number of benzene rings is 3. The van der Waals surface area contributed by atoms with Crippen molar-refractivity contribution >= 4 is 32.7 Å². The average Bonchev–Trinajstić information content (AvgIpc) is 3.44. The van der Waals surface area contributed by atoms with Crippen molar-refractivity contribution in [3.63, 3.8) is 0 Å². The molecule has 0 bridgehead atoms. The Morgan fingerprint density at radius 3 is 2.52 bits per heavy atom. The fraction of sp³-hybridized carbons (Fsp3) is 0.111. The molecule has 1 amide bonds. The highest BCUT2D eigenvalue weighted by molar-refractivity contribution is 9.10. The summed E-state index contributed by atoms with van der Waals surface area (Å²) in [4.78, 5) is 21.2. The van der Waals surface area contributed by atoms with Crippen molar-refractivity contribution in [1.82, 2.24) is 19.9 Å². The molecular weight excluding hydrogens is 476 g/mol. The van der Waals surface area contributed by atoms with Crippen LogP contribution < -0.4 is 5.32 Å². The van der Waals surface area contributed by atoms with Crippen molar-refractivity contribution in [1.29, 1.82) is 0 Å². The fourth-order valence-electron chi connectivity index (χ4n) is 4.12. The van der Waals surface area contributed by atoms with Crippen LogP contribution in [0.3, 0.4) is 0 Å². The van der Waals surface area contributed by atoms with Gasteiger partial charge in [-0.1, -0.05) is 76.6 Å². The second kappa shape index (κ2) is 9.08. The van der Waals surface area contributed by atoms with Crippen molar-refractivity contribution in [3.8, 4) is 11.3 Å². The van der Waals surface area contributed by atoms with Gasteiger partial charge in [0.05, 0.1) is 17.9 Å². The number of H-pyrrole nitrogens is 1. The summed E-state index contributed by atoms with van der Waals surface area (Å²) in [6.07, 6.45) is 2.50. The maximum Gasteiger partial charge on any atom is 0.268 e. The number of fused-ring (bicyclic) bond motifs is 1. The molecule has 5 aromatic rings. The Hall–Kier alpha value is -3.64. The number of aromatic nitrogens is 3. The van der Waals surface area contributed by atoms with Crippen molar-refractivity contribution in [3.05, 3.63) is 113 Å². The molecule has 2 heterocycles. The summed E-state index contributed by atoms with van der Waals surface area (Å²) in [5, 5.41) is 4.22. The molecule has 3 aromatic carbocycles. The number of carbonyl (C=O) groups is 1. The first-order valence-electron chi connectivity index (χ1n) is 10.8. The molecule has 5 nitrogen and oxygen atoms in total. The number of imidazole rings is 1. The van der Waals surface area contributed by atoms with Gasteiger partial charge in [0.25, 0.3) is 5.91 Å². The van der Waals surface area contributed by atoms with Gasteiger partial charge in [0.15, 0.2) is 0 Å². The van der Waals surface area contributed by atoms with Gasteiger partial charge in [0.1, 0.15) is 11.5 Å². The molecule has 6 heteroatoms. The Balaban J connectivity index is 1.48. The van der Waals surface area contributed by atoms with Crippen LogP contribution in [-0.4, -0.2) is 20.4 Å². The topological polar surface area (TPSA) is 62.7 Å². The van der Waals surface area contributed by atoms with E-state index in [0.717, 1.165) is 38.0 Å². The molecule has 5 rings (SSSR count). The Kier molecular flexibility index (Phi) is 5.84. The molecule has 0 unspecified atom stereocenters. The normalized spacial score (nSPS) is 12.1. The third-order valence-corrected chi connectivity index (χ3v) is 6.37. The van der Waals surface area contributed by atoms with Gasteiger partial charge in [-0.15, -0.1) is 0 Å². The molecule has 0 radical (unpaired) electrons. The SMILES string of the molecule is Cn1c(-c2ccc(Br)cc2)cnc1[C@H](Cc1ccccc1)NC(=O)c1cc2ccccc2[nH]1. The zero-order valence-corrected chi connectivity index (χ0v) is 19.7. The van der Waals surface area contributed by atoms with E-state index in [1.165, 1.54) is 0 Å². The van der Waals surface area contributed by atoms with Gasteiger partial charge in [0.2, 0.25) is 0 Å². The average molecular weight is 499 g/mol. The first kappa shape index (κ1) is 21.2. The lowest BCUT2D eigenvalue weighted by Crippen LogP contribution is -2.32. The van der Waals surface area contributed by atoms with E-state index in [-0.39, 0.29) is 11.9 Å². The quantitative estimate of drug-likeness (QED) is 0.299. The van der Waals surface area contributed by atoms with E-state index in [0.29, 0.717) is 12.1 Å². The number of nitrogens with zero attached hydrogens (tertiary/aromatic N) is 2. The molecule has 164 valence electrons. The molecule has 0 aliphatic rings. The number of hydrogen-bond acceptors (Lipinski definition) is 2. The zero-order valence-electron chi connectivity index (χ0n) is 18.1. The molecule has 2 aromatic heterocycles. The summed E-state index contributed by atoms with van der Waals surface area (Å²) < 4.78 is 3.09. The molecule has 33 heavy (non-hydrogen) atoms. The van der Waals surface area contributed by atoms with Crippen LogP contribution >= 0.6 is 15.9 Å². The van der Waals surface area contributed by atoms with Crippen molar-refractivity contribution < 1.29 is 4.79 Å². The van der Waals surface area contributed by atoms with Crippen LogP contribution in [0.5, 0.6) is 0 Å². The number of aromatic amines is 1. The number of halogens is 1. The van der Waals surface area contributed by atoms with Gasteiger partial charge in [0, 0.05) is 22.4 Å². The minimum absolute atomic E-state index is 0.152. The second-order valence-electron chi connectivity index (χ2n) is 8.05. The minimum Gasteiger partial charge on any atom is -0.351 e. The van der Waals surface area contributed by atoms with Crippen molar-refractivity contribution in [2.75, 3.05) is 0 Å². The van der Waals surface area contributed by atoms with Crippen molar-refractivity contribution in [2.45, 2.75) is 12.5 Å². The predicted molar refractivity (Wildman–Crippen MR) is 135 cm³/mol. The predicted octanol–water partition coefficient (Wildman–Crippen LogP) is 6.04. The van der Waals surface area contributed by atoms with Crippen LogP contribution in [0.2, 0.25) is 0 Å². The summed E-state index contributed by atoms with van der Waals surface area (Å²) in [6.45, 7) is 0. The standard InChI is InChI=1S/C27H23BrN4O/c1-32-25(19-11-13-21(28)14-12-19)17-29-26(32)23(15-18-7-3-2-4-8-18)31-27(33)24-16-20-9-5-6-10-22(20)30-24/h2-14,16-17,23,30H,15H2,1H3,(H,31,33)/t23-/m0/s1. The molecule has 0 fully saturated rings. The van der Waals surface area contributed by atoms with Gasteiger partial charge < -0.3 is 14.9 Å². The van der Waals surface area contributed by atoms with E-state index in [4.69, 9.17) is 4.98 Å². The summed E-state index contributed by atoms with van der Waals surface area (Å²) in [5.41, 5.74) is 4.68. The Morgan fingerprint density at radius 2 is 1.76 bits per heavy atom. The first-order valence-corrected chi connectivity index (χ1v) is 11.6. The highest BCUT2D eigenvalue weighted by Crippen LogP contribution is 2.26. The molecule has 2 N–H and O–H groups in total. The Bertz CT molecular complexity index is 1370. The van der Waals surface area contributed by atoms with Gasteiger partial charge in [-0.05, 0) is 41.8 Å². The smallest absolute Gasteiger partial charge is 0.268 e. The maximum absolute atomic E-state index is 13.2. The summed E-state index contributed by atoms with van der Waals surface area (Å²) in [7, 11) is 1.99. The molecule has 0 saturated heterocycles. The monoisotopic (exact) mass is 498 g/mol. The Labute approximate surface area is 200 Å². The second-order valence-corrected chi connectivity index (χ2v) is 8.97. The molecule has 1 atom stereocenters. The van der Waals surface area contributed by atoms with Gasteiger partial charge in [-0.2, -0.15) is 0 Å². The van der Waals surface area contributed by atoms with Crippen LogP contribution in [0.1, 0.15) is 27.9 Å². The van der Waals surface area contributed by atoms with E-state index in [1.54, 1.807) is 0 Å². The van der Waals surface area contributed by atoms with Crippen LogP contribution in [0.15, 0.2) is 95.6 Å². The van der Waals surface area contributed by atoms with E-state index < -0.39 is 0 Å². The Morgan fingerprint density at radius 1 is 1.03 bits per heavy atom. The van der Waals surface area contributed by atoms with Crippen LogP contribution in [0.4, 0.5) is 0 Å². The van der Waals surface area contributed by atoms with Gasteiger partial charge in [-0.25, -0.2) is 4.98 Å². The highest BCUT2D eigenvalue weighted by Gasteiger charge is 2.23. The van der Waals surface area contributed by atoms with E-state index in [9.17, 15) is 4.79 Å². The number of amides is 1. The van der Waals surface area contributed by atoms with E-state index >= 15 is 0 Å². The van der Waals surface area contributed by atoms with Crippen molar-refractivity contribution in [2.24, 2.45) is 7.05 Å². The first-order chi connectivity index (χ1) is 16.1. The summed E-state index contributed by atoms with van der Waals surface area (Å²) >= 11 is 3.49. The lowest BCUT2D eigenvalue weighted by molar-refractivity contribution is 0.0930. The number of carbonyl (C=O) groups excluding carboxylic acids is 1. The molecule has 0 spiro atoms. The van der Waals surface area contributed by atoms with Crippen LogP contribution in [0, 0.1) is 0 Å². The fourth-order valence-corrected chi connectivity index (χ4v) is 4.39. The molecular formula is C27H23BrN4O. The van der Waals surface area contributed by atoms with E-state index in [1.807, 2.05) is 73.9 Å². The lowest BCUT2D eigenvalue weighted by Gasteiger charge is -2.19. The minimum atomic E-state index is -0.291. The third kappa shape index (κ3) is 4.47. The number of hydrogen-bond donors (Lipinski definition) is 2. The highest BCUT2D eigenvalue weighted by atomic mass is 79.9. The summed E-state index contributed by atoms with van der Waals surface area (Å²) in [5.74, 6) is 0.654. The van der Waals surface area contributed by atoms with E-state index in [2.05, 4.69) is 55.1 Å². The lowest BCUT2D eigenvalue weighted by atomic mass is 10.0. The molecule has 0 aliphatic heterocycles. The van der Waals surface area contributed by atoms with Gasteiger partial charge in [-0.3, -0.25) is 4.79 Å². The maximum atomic E-state index is 13.2. The zero-order chi connectivity index (χ0) is 22.8.